The summed E-state index contributed by atoms with van der Waals surface area (Å²) in [6.45, 7) is 4.67. The lowest BCUT2D eigenvalue weighted by Crippen LogP contribution is -2.24. The summed E-state index contributed by atoms with van der Waals surface area (Å²) in [4.78, 5) is 0. The molecule has 0 aliphatic rings. The zero-order valence-electron chi connectivity index (χ0n) is 9.50. The second-order valence-corrected chi connectivity index (χ2v) is 7.51. The normalized spacial score (nSPS) is 10.8. The summed E-state index contributed by atoms with van der Waals surface area (Å²) in [6.07, 6.45) is 0. The van der Waals surface area contributed by atoms with Gasteiger partial charge in [0.05, 0.1) is 8.80 Å². The van der Waals surface area contributed by atoms with E-state index in [9.17, 15) is 0 Å². The molecule has 0 heterocycles. The van der Waals surface area contributed by atoms with Crippen molar-refractivity contribution in [1.82, 2.24) is 0 Å². The quantitative estimate of drug-likeness (QED) is 0.731. The monoisotopic (exact) mass is 289 g/mol. The molecule has 0 N–H and O–H groups in total. The van der Waals surface area contributed by atoms with Crippen molar-refractivity contribution in [3.63, 3.8) is 0 Å². The van der Waals surface area contributed by atoms with Gasteiger partial charge in [0.1, 0.15) is 0 Å². The van der Waals surface area contributed by atoms with Gasteiger partial charge in [0, 0.05) is 4.47 Å². The average Bonchev–Trinajstić information content (AvgIpc) is 2.29. The first-order valence-corrected chi connectivity index (χ1v) is 8.63. The van der Waals surface area contributed by atoms with E-state index in [2.05, 4.69) is 77.6 Å². The van der Waals surface area contributed by atoms with E-state index in [0.717, 1.165) is 4.47 Å². The van der Waals surface area contributed by atoms with Crippen LogP contribution >= 0.6 is 15.9 Å². The van der Waals surface area contributed by atoms with Crippen LogP contribution in [0.2, 0.25) is 13.1 Å². The van der Waals surface area contributed by atoms with Crippen LogP contribution in [0.1, 0.15) is 0 Å². The average molecular weight is 290 g/mol. The van der Waals surface area contributed by atoms with Crippen LogP contribution in [-0.4, -0.2) is 8.80 Å². The van der Waals surface area contributed by atoms with Gasteiger partial charge in [-0.2, -0.15) is 0 Å². The maximum atomic E-state index is 3.55. The van der Waals surface area contributed by atoms with Gasteiger partial charge in [0.25, 0.3) is 0 Å². The summed E-state index contributed by atoms with van der Waals surface area (Å²) in [5.74, 6) is 0. The van der Waals surface area contributed by atoms with Crippen molar-refractivity contribution in [2.24, 2.45) is 0 Å². The van der Waals surface area contributed by atoms with E-state index in [1.54, 1.807) is 0 Å². The van der Waals surface area contributed by atoms with Crippen LogP contribution < -0.4 is 5.19 Å². The Bertz CT molecular complexity index is 477. The fraction of sp³-hybridized carbons (Fsp3) is 0.143. The van der Waals surface area contributed by atoms with E-state index in [1.165, 1.54) is 16.3 Å². The topological polar surface area (TPSA) is 0 Å². The van der Waals surface area contributed by atoms with Crippen molar-refractivity contribution in [3.05, 3.63) is 53.0 Å². The summed E-state index contributed by atoms with van der Waals surface area (Å²) in [6, 6.07) is 17.2. The Morgan fingerprint density at radius 3 is 2.25 bits per heavy atom. The van der Waals surface area contributed by atoms with Gasteiger partial charge >= 0.3 is 0 Å². The molecule has 0 spiro atoms. The minimum Gasteiger partial charge on any atom is -0.0671 e. The Balaban J connectivity index is 2.58. The smallest absolute Gasteiger partial charge is 0.0671 e. The summed E-state index contributed by atoms with van der Waals surface area (Å²) in [5.41, 5.74) is 2.68. The van der Waals surface area contributed by atoms with E-state index in [4.69, 9.17) is 0 Å². The van der Waals surface area contributed by atoms with E-state index in [0.29, 0.717) is 0 Å². The van der Waals surface area contributed by atoms with Crippen LogP contribution in [-0.2, 0) is 0 Å². The standard InChI is InChI=1S/C14H14BrSi/c1-16(2)14-9-8-12(15)10-13(14)11-6-4-3-5-7-11/h3-10H,1-2H3. The molecule has 2 rings (SSSR count). The Morgan fingerprint density at radius 1 is 0.938 bits per heavy atom. The van der Waals surface area contributed by atoms with Gasteiger partial charge in [-0.15, -0.1) is 0 Å². The van der Waals surface area contributed by atoms with Crippen molar-refractivity contribution < 1.29 is 0 Å². The maximum Gasteiger partial charge on any atom is 0.0799 e. The Morgan fingerprint density at radius 2 is 1.62 bits per heavy atom. The highest BCUT2D eigenvalue weighted by Crippen LogP contribution is 2.21. The van der Waals surface area contributed by atoms with Gasteiger partial charge < -0.3 is 0 Å². The largest absolute Gasteiger partial charge is 0.0799 e. The molecular formula is C14H14BrSi. The Labute approximate surface area is 107 Å². The molecule has 2 heteroatoms. The molecule has 0 aliphatic carbocycles. The first-order chi connectivity index (χ1) is 7.68. The van der Waals surface area contributed by atoms with Crippen LogP contribution in [0.15, 0.2) is 53.0 Å². The van der Waals surface area contributed by atoms with Gasteiger partial charge in [0.2, 0.25) is 0 Å². The number of halogens is 1. The minimum absolute atomic E-state index is 0.426. The van der Waals surface area contributed by atoms with E-state index < -0.39 is 8.80 Å². The lowest BCUT2D eigenvalue weighted by molar-refractivity contribution is 1.61. The summed E-state index contributed by atoms with van der Waals surface area (Å²) in [5, 5.41) is 1.50. The van der Waals surface area contributed by atoms with Crippen LogP contribution in [0.25, 0.3) is 11.1 Å². The number of hydrogen-bond acceptors (Lipinski definition) is 0. The number of hydrogen-bond donors (Lipinski definition) is 0. The SMILES string of the molecule is C[Si](C)c1ccc(Br)cc1-c1ccccc1. The molecule has 2 aromatic rings. The Kier molecular flexibility index (Phi) is 3.61. The lowest BCUT2D eigenvalue weighted by atomic mass is 10.1. The molecule has 0 nitrogen and oxygen atoms in total. The van der Waals surface area contributed by atoms with Crippen LogP contribution in [0.4, 0.5) is 0 Å². The highest BCUT2D eigenvalue weighted by Gasteiger charge is 2.09. The molecule has 0 saturated heterocycles. The van der Waals surface area contributed by atoms with Crippen LogP contribution in [0, 0.1) is 0 Å². The van der Waals surface area contributed by atoms with Crippen molar-refractivity contribution in [1.29, 1.82) is 0 Å². The van der Waals surface area contributed by atoms with Crippen molar-refractivity contribution in [3.8, 4) is 11.1 Å². The van der Waals surface area contributed by atoms with Crippen LogP contribution in [0.3, 0.4) is 0 Å². The molecule has 0 fully saturated rings. The third-order valence-electron chi connectivity index (χ3n) is 2.61. The Hall–Kier alpha value is -0.863. The molecule has 2 aromatic carbocycles. The molecule has 0 bridgehead atoms. The second-order valence-electron chi connectivity index (χ2n) is 4.06. The fourth-order valence-corrected chi connectivity index (χ4v) is 3.34. The second kappa shape index (κ2) is 4.98. The maximum absolute atomic E-state index is 3.55. The molecule has 0 aromatic heterocycles. The van der Waals surface area contributed by atoms with Gasteiger partial charge in [0.15, 0.2) is 0 Å². The third-order valence-corrected chi connectivity index (χ3v) is 4.61. The van der Waals surface area contributed by atoms with E-state index in [-0.39, 0.29) is 0 Å². The molecule has 81 valence electrons. The highest BCUT2D eigenvalue weighted by molar-refractivity contribution is 9.10. The number of rotatable bonds is 2. The van der Waals surface area contributed by atoms with Crippen molar-refractivity contribution in [2.75, 3.05) is 0 Å². The first kappa shape index (κ1) is 11.6. The molecule has 0 atom stereocenters. The zero-order valence-corrected chi connectivity index (χ0v) is 12.1. The summed E-state index contributed by atoms with van der Waals surface area (Å²) < 4.78 is 1.15. The lowest BCUT2D eigenvalue weighted by Gasteiger charge is -2.12. The molecule has 0 aliphatic heterocycles. The first-order valence-electron chi connectivity index (χ1n) is 5.34. The molecule has 0 unspecified atom stereocenters. The molecule has 0 saturated carbocycles. The molecule has 0 amide bonds. The summed E-state index contributed by atoms with van der Waals surface area (Å²) >= 11 is 3.55. The minimum atomic E-state index is -0.426. The van der Waals surface area contributed by atoms with Gasteiger partial charge in [-0.05, 0) is 23.3 Å². The molecule has 16 heavy (non-hydrogen) atoms. The molecule has 1 radical (unpaired) electrons. The zero-order chi connectivity index (χ0) is 11.5. The fourth-order valence-electron chi connectivity index (χ4n) is 1.81. The predicted molar refractivity (Wildman–Crippen MR) is 76.7 cm³/mol. The van der Waals surface area contributed by atoms with Gasteiger partial charge in [-0.1, -0.05) is 70.6 Å². The van der Waals surface area contributed by atoms with Gasteiger partial charge in [-0.25, -0.2) is 0 Å². The summed E-state index contributed by atoms with van der Waals surface area (Å²) in [7, 11) is -0.426. The van der Waals surface area contributed by atoms with Crippen molar-refractivity contribution in [2.45, 2.75) is 13.1 Å². The third kappa shape index (κ3) is 2.44. The predicted octanol–water partition coefficient (Wildman–Crippen LogP) is 4.08. The van der Waals surface area contributed by atoms with E-state index in [1.807, 2.05) is 0 Å². The highest BCUT2D eigenvalue weighted by atomic mass is 79.9. The van der Waals surface area contributed by atoms with E-state index >= 15 is 0 Å². The van der Waals surface area contributed by atoms with Crippen LogP contribution in [0.5, 0.6) is 0 Å². The number of benzene rings is 2. The van der Waals surface area contributed by atoms with Gasteiger partial charge in [-0.3, -0.25) is 0 Å². The molecular weight excluding hydrogens is 276 g/mol. The van der Waals surface area contributed by atoms with Crippen molar-refractivity contribution >= 4 is 29.9 Å².